The molecule has 7 heteroatoms. The molecule has 0 aliphatic heterocycles. The van der Waals surface area contributed by atoms with Crippen LogP contribution in [0.25, 0.3) is 10.2 Å². The Morgan fingerprint density at radius 1 is 0.507 bits per heavy atom. The number of ether oxygens (including phenoxy) is 3. The highest BCUT2D eigenvalue weighted by Crippen LogP contribution is 2.44. The number of phenolic OH excluding ortho intramolecular Hbond substituents is 1. The molecule has 5 nitrogen and oxygen atoms in total. The Morgan fingerprint density at radius 3 is 1.21 bits per heavy atom. The molecule has 1 aromatic heterocycles. The van der Waals surface area contributed by atoms with Crippen LogP contribution in [0.2, 0.25) is 0 Å². The van der Waals surface area contributed by atoms with E-state index in [-0.39, 0.29) is 21.7 Å². The van der Waals surface area contributed by atoms with E-state index in [1.54, 1.807) is 11.3 Å². The van der Waals surface area contributed by atoms with Gasteiger partial charge in [-0.2, -0.15) is 0 Å². The second-order valence-corrected chi connectivity index (χ2v) is 25.3. The SMILES string of the molecule is CCCOc1c2cc(C(C)(C)C)cc1Cc1cc(C(C)(C)C)cc(c1OCCCSc1nc3ccccc3s1)Cc1cc(C(C)(C)C)cc(c1OCCC)Cc1cc(C(C)(C)C)cc(c1O)C2. The van der Waals surface area contributed by atoms with Crippen molar-refractivity contribution in [3.8, 4) is 23.0 Å². The number of thioether (sulfide) groups is 1. The maximum atomic E-state index is 12.6. The first-order valence-corrected chi connectivity index (χ1v) is 26.5. The minimum absolute atomic E-state index is 0.123. The molecule has 358 valence electrons. The van der Waals surface area contributed by atoms with Crippen molar-refractivity contribution in [2.45, 2.75) is 168 Å². The third-order valence-electron chi connectivity index (χ3n) is 12.9. The number of rotatable bonds is 12. The summed E-state index contributed by atoms with van der Waals surface area (Å²) in [4.78, 5) is 4.90. The number of aromatic hydroxyl groups is 1. The molecule has 6 aromatic rings. The molecule has 1 heterocycles. The van der Waals surface area contributed by atoms with Crippen LogP contribution >= 0.6 is 23.1 Å². The van der Waals surface area contributed by atoms with Crippen LogP contribution in [0.4, 0.5) is 0 Å². The summed E-state index contributed by atoms with van der Waals surface area (Å²) >= 11 is 3.58. The molecule has 0 unspecified atom stereocenters. The van der Waals surface area contributed by atoms with Gasteiger partial charge in [-0.25, -0.2) is 4.98 Å². The number of phenols is 1. The largest absolute Gasteiger partial charge is 0.507 e. The van der Waals surface area contributed by atoms with Crippen LogP contribution < -0.4 is 14.2 Å². The maximum Gasteiger partial charge on any atom is 0.151 e. The lowest BCUT2D eigenvalue weighted by atomic mass is 9.79. The van der Waals surface area contributed by atoms with Crippen LogP contribution in [0.5, 0.6) is 23.0 Å². The Bertz CT molecular complexity index is 2540. The van der Waals surface area contributed by atoms with Gasteiger partial charge in [0.15, 0.2) is 4.34 Å². The molecule has 0 saturated heterocycles. The number of hydrogen-bond donors (Lipinski definition) is 1. The van der Waals surface area contributed by atoms with Gasteiger partial charge < -0.3 is 19.3 Å². The summed E-state index contributed by atoms with van der Waals surface area (Å²) in [5.41, 5.74) is 14.2. The van der Waals surface area contributed by atoms with E-state index in [0.717, 1.165) is 96.6 Å². The zero-order valence-corrected chi connectivity index (χ0v) is 44.8. The van der Waals surface area contributed by atoms with E-state index in [4.69, 9.17) is 19.2 Å². The van der Waals surface area contributed by atoms with Gasteiger partial charge in [0.1, 0.15) is 23.0 Å². The molecule has 0 spiro atoms. The predicted octanol–water partition coefficient (Wildman–Crippen LogP) is 16.0. The van der Waals surface area contributed by atoms with Crippen molar-refractivity contribution in [1.29, 1.82) is 0 Å². The van der Waals surface area contributed by atoms with Gasteiger partial charge in [0.25, 0.3) is 0 Å². The van der Waals surface area contributed by atoms with Crippen molar-refractivity contribution in [2.24, 2.45) is 0 Å². The summed E-state index contributed by atoms with van der Waals surface area (Å²) < 4.78 is 23.4. The quantitative estimate of drug-likeness (QED) is 0.0973. The van der Waals surface area contributed by atoms with Crippen LogP contribution in [-0.4, -0.2) is 35.7 Å². The van der Waals surface area contributed by atoms with Crippen molar-refractivity contribution in [3.63, 3.8) is 0 Å². The maximum absolute atomic E-state index is 12.6. The van der Waals surface area contributed by atoms with Gasteiger partial charge in [-0.15, -0.1) is 11.3 Å². The fraction of sp³-hybridized carbons (Fsp3) is 0.483. The average Bonchev–Trinajstić information content (AvgIpc) is 3.66. The molecule has 5 aromatic carbocycles. The molecule has 0 radical (unpaired) electrons. The van der Waals surface area contributed by atoms with Crippen molar-refractivity contribution in [3.05, 3.63) is 140 Å². The average molecular weight is 940 g/mol. The molecular formula is C60H77NO4S2. The molecule has 0 fully saturated rings. The fourth-order valence-electron chi connectivity index (χ4n) is 8.90. The fourth-order valence-corrected chi connectivity index (χ4v) is 11.0. The van der Waals surface area contributed by atoms with Gasteiger partial charge in [0, 0.05) is 31.4 Å². The lowest BCUT2D eigenvalue weighted by molar-refractivity contribution is 0.307. The summed E-state index contributed by atoms with van der Waals surface area (Å²) in [6.45, 7) is 33.6. The number of aromatic nitrogens is 1. The standard InChI is InChI=1S/C60H77NO4S2/c1-15-22-63-53-40-26-38-30-46(57(3,4)5)31-39(52(38)62)27-41-33-48(59(9,10)11)35-43(54(41)64-23-16-2)29-45-37-49(60(12,13)14)36-44(28-42(53)34-47(32-40)58(6,7)8)55(45)65-24-19-25-66-56-61-50-20-17-18-21-51(50)67-56/h17-18,20-21,30-37,62H,15-16,19,22-29H2,1-14H3. The Morgan fingerprint density at radius 2 is 0.851 bits per heavy atom. The Kier molecular flexibility index (Phi) is 15.2. The van der Waals surface area contributed by atoms with Gasteiger partial charge in [-0.1, -0.05) is 169 Å². The van der Waals surface area contributed by atoms with Crippen LogP contribution in [0.3, 0.4) is 0 Å². The zero-order valence-electron chi connectivity index (χ0n) is 43.1. The lowest BCUT2D eigenvalue weighted by Gasteiger charge is -2.29. The first-order valence-electron chi connectivity index (χ1n) is 24.7. The summed E-state index contributed by atoms with van der Waals surface area (Å²) in [6.07, 6.45) is 4.99. The van der Waals surface area contributed by atoms with Crippen LogP contribution in [0, 0.1) is 0 Å². The minimum Gasteiger partial charge on any atom is -0.507 e. The zero-order chi connectivity index (χ0) is 48.5. The highest BCUT2D eigenvalue weighted by Gasteiger charge is 2.29. The van der Waals surface area contributed by atoms with Gasteiger partial charge in [-0.3, -0.25) is 0 Å². The second kappa shape index (κ2) is 20.2. The van der Waals surface area contributed by atoms with E-state index in [1.807, 2.05) is 11.8 Å². The third kappa shape index (κ3) is 12.1. The molecule has 0 saturated carbocycles. The molecule has 8 bridgehead atoms. The predicted molar refractivity (Wildman–Crippen MR) is 285 cm³/mol. The molecule has 1 aliphatic rings. The van der Waals surface area contributed by atoms with E-state index in [9.17, 15) is 5.11 Å². The number of benzene rings is 5. The van der Waals surface area contributed by atoms with Crippen LogP contribution in [0.1, 0.15) is 183 Å². The molecule has 0 atom stereocenters. The molecule has 7 rings (SSSR count). The van der Waals surface area contributed by atoms with Crippen LogP contribution in [-0.2, 0) is 47.3 Å². The molecule has 67 heavy (non-hydrogen) atoms. The van der Waals surface area contributed by atoms with E-state index in [1.165, 1.54) is 27.0 Å². The van der Waals surface area contributed by atoms with E-state index in [0.29, 0.717) is 51.3 Å². The van der Waals surface area contributed by atoms with Crippen LogP contribution in [0.15, 0.2) is 77.1 Å². The monoisotopic (exact) mass is 940 g/mol. The number of thiazole rings is 1. The normalized spacial score (nSPS) is 13.5. The smallest absolute Gasteiger partial charge is 0.151 e. The van der Waals surface area contributed by atoms with Crippen molar-refractivity contribution in [1.82, 2.24) is 4.98 Å². The topological polar surface area (TPSA) is 60.8 Å². The Hall–Kier alpha value is -4.46. The van der Waals surface area contributed by atoms with Crippen molar-refractivity contribution in [2.75, 3.05) is 25.6 Å². The highest BCUT2D eigenvalue weighted by molar-refractivity contribution is 8.01. The molecule has 1 N–H and O–H groups in total. The van der Waals surface area contributed by atoms with E-state index >= 15 is 0 Å². The van der Waals surface area contributed by atoms with E-state index in [2.05, 4.69) is 170 Å². The number of fused-ring (bicyclic) bond motifs is 9. The number of para-hydroxylation sites is 1. The summed E-state index contributed by atoms with van der Waals surface area (Å²) in [5.74, 6) is 4.05. The molecule has 1 aliphatic carbocycles. The second-order valence-electron chi connectivity index (χ2n) is 22.9. The van der Waals surface area contributed by atoms with Gasteiger partial charge >= 0.3 is 0 Å². The van der Waals surface area contributed by atoms with Crippen molar-refractivity contribution >= 4 is 33.3 Å². The summed E-state index contributed by atoms with van der Waals surface area (Å²) in [6, 6.07) is 27.1. The van der Waals surface area contributed by atoms with E-state index < -0.39 is 0 Å². The minimum atomic E-state index is -0.143. The van der Waals surface area contributed by atoms with Crippen molar-refractivity contribution < 1.29 is 19.3 Å². The van der Waals surface area contributed by atoms with Gasteiger partial charge in [0.05, 0.1) is 30.0 Å². The lowest BCUT2D eigenvalue weighted by Crippen LogP contribution is -2.17. The highest BCUT2D eigenvalue weighted by atomic mass is 32.2. The Labute approximate surface area is 411 Å². The summed E-state index contributed by atoms with van der Waals surface area (Å²) in [7, 11) is 0. The number of nitrogens with zero attached hydrogens (tertiary/aromatic N) is 1. The number of hydrogen-bond acceptors (Lipinski definition) is 7. The first kappa shape index (κ1) is 50.4. The summed E-state index contributed by atoms with van der Waals surface area (Å²) in [5, 5.41) is 12.6. The van der Waals surface area contributed by atoms with Gasteiger partial charge in [-0.05, 0) is 120 Å². The molecule has 0 amide bonds. The van der Waals surface area contributed by atoms with Gasteiger partial charge in [0.2, 0.25) is 0 Å². The third-order valence-corrected chi connectivity index (χ3v) is 15.2. The first-order chi connectivity index (χ1) is 31.5. The molecular weight excluding hydrogens is 863 g/mol. The Balaban J connectivity index is 1.48.